The number of aromatic amines is 1. The van der Waals surface area contributed by atoms with E-state index in [4.69, 9.17) is 0 Å². The molecule has 1 atom stereocenters. The molecule has 0 radical (unpaired) electrons. The molecule has 37 heavy (non-hydrogen) atoms. The molecule has 2 heterocycles. The third-order valence-electron chi connectivity index (χ3n) is 4.89. The van der Waals surface area contributed by atoms with E-state index in [9.17, 15) is 43.2 Å². The van der Waals surface area contributed by atoms with E-state index in [-0.39, 0.29) is 27.0 Å². The Morgan fingerprint density at radius 3 is 2.59 bits per heavy atom. The summed E-state index contributed by atoms with van der Waals surface area (Å²) in [4.78, 5) is 61.1. The van der Waals surface area contributed by atoms with E-state index in [1.54, 1.807) is 0 Å². The number of aliphatic carboxylic acids is 1. The summed E-state index contributed by atoms with van der Waals surface area (Å²) in [6, 6.07) is 5.68. The van der Waals surface area contributed by atoms with Crippen molar-refractivity contribution in [2.75, 3.05) is 23.9 Å². The Morgan fingerprint density at radius 1 is 1.24 bits per heavy atom. The number of nitro groups is 1. The van der Waals surface area contributed by atoms with Crippen LogP contribution in [-0.2, 0) is 27.4 Å². The summed E-state index contributed by atoms with van der Waals surface area (Å²) in [5.41, 5.74) is -1.50. The Bertz CT molecular complexity index is 1480. The number of carbonyl (C=O) groups excluding carboxylic acids is 1. The van der Waals surface area contributed by atoms with E-state index in [0.29, 0.717) is 4.31 Å². The van der Waals surface area contributed by atoms with Crippen LogP contribution in [-0.4, -0.2) is 75.0 Å². The Labute approximate surface area is 213 Å². The van der Waals surface area contributed by atoms with Crippen molar-refractivity contribution in [3.63, 3.8) is 0 Å². The molecule has 0 aliphatic rings. The number of carboxylic acid groups (broad SMARTS) is 1. The highest BCUT2D eigenvalue weighted by molar-refractivity contribution is 7.80. The predicted molar refractivity (Wildman–Crippen MR) is 129 cm³/mol. The lowest BCUT2D eigenvalue weighted by Crippen LogP contribution is -2.44. The van der Waals surface area contributed by atoms with Gasteiger partial charge in [0.15, 0.2) is 5.01 Å². The number of aryl methyl sites for hydroxylation is 1. The van der Waals surface area contributed by atoms with Gasteiger partial charge in [-0.15, -0.1) is 10.2 Å². The van der Waals surface area contributed by atoms with Crippen molar-refractivity contribution in [3.05, 3.63) is 67.0 Å². The number of carbonyl (C=O) groups is 2. The number of nitrogens with zero attached hydrogens (tertiary/aromatic N) is 6. The molecule has 1 unspecified atom stereocenters. The van der Waals surface area contributed by atoms with Crippen molar-refractivity contribution in [3.8, 4) is 10.6 Å². The maximum Gasteiger partial charge on any atom is 0.328 e. The summed E-state index contributed by atoms with van der Waals surface area (Å²) in [6.07, 6.45) is 1.14. The summed E-state index contributed by atoms with van der Waals surface area (Å²) in [7, 11) is 0. The Hall–Kier alpha value is -4.29. The largest absolute Gasteiger partial charge is 0.755 e. The number of nitrogens with one attached hydrogen (secondary N) is 1. The monoisotopic (exact) mass is 552 g/mol. The maximum absolute atomic E-state index is 12.8. The van der Waals surface area contributed by atoms with Gasteiger partial charge in [0, 0.05) is 35.6 Å². The van der Waals surface area contributed by atoms with Crippen molar-refractivity contribution in [1.29, 1.82) is 0 Å². The molecule has 0 aliphatic heterocycles. The maximum atomic E-state index is 12.8. The second kappa shape index (κ2) is 11.6. The van der Waals surface area contributed by atoms with Crippen LogP contribution >= 0.6 is 11.3 Å². The second-order valence-corrected chi connectivity index (χ2v) is 9.22. The van der Waals surface area contributed by atoms with Crippen LogP contribution in [0.2, 0.25) is 0 Å². The summed E-state index contributed by atoms with van der Waals surface area (Å²) in [5, 5.41) is 28.0. The van der Waals surface area contributed by atoms with E-state index in [0.717, 1.165) is 27.0 Å². The first-order chi connectivity index (χ1) is 17.5. The minimum atomic E-state index is -2.92. The van der Waals surface area contributed by atoms with E-state index < -0.39 is 65.5 Å². The minimum Gasteiger partial charge on any atom is -0.755 e. The summed E-state index contributed by atoms with van der Waals surface area (Å²) in [6.45, 7) is -0.829. The Kier molecular flexibility index (Phi) is 8.58. The van der Waals surface area contributed by atoms with Gasteiger partial charge in [0.25, 0.3) is 11.2 Å². The van der Waals surface area contributed by atoms with Gasteiger partial charge in [0.1, 0.15) is 13.1 Å². The zero-order valence-electron chi connectivity index (χ0n) is 18.9. The minimum absolute atomic E-state index is 0.0732. The third kappa shape index (κ3) is 6.68. The number of amides is 1. The van der Waals surface area contributed by atoms with Gasteiger partial charge in [0.2, 0.25) is 11.0 Å². The summed E-state index contributed by atoms with van der Waals surface area (Å²) < 4.78 is 25.4. The number of hydrogen-bond acceptors (Lipinski definition) is 11. The lowest BCUT2D eigenvalue weighted by Gasteiger charge is -2.27. The number of H-pyrrole nitrogens is 1. The molecule has 0 fully saturated rings. The van der Waals surface area contributed by atoms with Crippen LogP contribution in [0.15, 0.2) is 40.1 Å². The van der Waals surface area contributed by atoms with Gasteiger partial charge in [-0.1, -0.05) is 23.5 Å². The standard InChI is InChI=1S/C19H19N7O9S2/c1-11-8-24(18(31)20-16(11)30)9-14(27)23(10-15(28)29)6-7-25(37(34)35)19-22-21-17(36-19)12-4-2-3-5-13(12)26(32)33/h2-5,8H,6-7,9-10H2,1H3,(H,28,29)(H,34,35)(H,20,30,31)/p-1. The van der Waals surface area contributed by atoms with E-state index in [1.807, 2.05) is 4.98 Å². The molecule has 3 rings (SSSR count). The molecule has 3 aromatic rings. The molecule has 16 nitrogen and oxygen atoms in total. The number of benzene rings is 1. The van der Waals surface area contributed by atoms with Gasteiger partial charge in [-0.05, 0) is 13.0 Å². The molecule has 0 bridgehead atoms. The van der Waals surface area contributed by atoms with E-state index in [2.05, 4.69) is 10.2 Å². The number of aromatic nitrogens is 4. The first-order valence-corrected chi connectivity index (χ1v) is 12.1. The lowest BCUT2D eigenvalue weighted by molar-refractivity contribution is -0.384. The number of para-hydroxylation sites is 1. The van der Waals surface area contributed by atoms with Gasteiger partial charge < -0.3 is 14.6 Å². The number of carboxylic acids is 1. The topological polar surface area (TPSA) is 225 Å². The summed E-state index contributed by atoms with van der Waals surface area (Å²) in [5.74, 6) is -2.21. The molecule has 2 N–H and O–H groups in total. The average molecular weight is 553 g/mol. The SMILES string of the molecule is Cc1cn(CC(=O)N(CCN(c2nnc(-c3ccccc3[N+](=O)[O-])s2)S(=O)[O-])CC(=O)O)c(=O)[nH]c1=O. The molecule has 2 aromatic heterocycles. The molecule has 196 valence electrons. The van der Waals surface area contributed by atoms with Crippen LogP contribution in [0.1, 0.15) is 5.56 Å². The van der Waals surface area contributed by atoms with Crippen molar-refractivity contribution < 1.29 is 28.4 Å². The fourth-order valence-electron chi connectivity index (χ4n) is 3.12. The predicted octanol–water partition coefficient (Wildman–Crippen LogP) is -0.514. The molecular weight excluding hydrogens is 534 g/mol. The summed E-state index contributed by atoms with van der Waals surface area (Å²) >= 11 is -2.18. The van der Waals surface area contributed by atoms with Gasteiger partial charge >= 0.3 is 11.7 Å². The number of anilines is 1. The number of rotatable bonds is 11. The lowest BCUT2D eigenvalue weighted by atomic mass is 10.2. The van der Waals surface area contributed by atoms with Gasteiger partial charge in [-0.3, -0.25) is 42.6 Å². The zero-order valence-corrected chi connectivity index (χ0v) is 20.6. The van der Waals surface area contributed by atoms with Crippen LogP contribution in [0.5, 0.6) is 0 Å². The molecule has 1 aromatic carbocycles. The highest BCUT2D eigenvalue weighted by Gasteiger charge is 2.23. The smallest absolute Gasteiger partial charge is 0.328 e. The van der Waals surface area contributed by atoms with Crippen molar-refractivity contribution in [2.24, 2.45) is 0 Å². The van der Waals surface area contributed by atoms with Crippen molar-refractivity contribution in [2.45, 2.75) is 13.5 Å². The van der Waals surface area contributed by atoms with Gasteiger partial charge in [-0.25, -0.2) is 4.79 Å². The zero-order chi connectivity index (χ0) is 27.3. The molecular formula is C19H18N7O9S2-. The van der Waals surface area contributed by atoms with Gasteiger partial charge in [0.05, 0.1) is 17.0 Å². The third-order valence-corrected chi connectivity index (χ3v) is 6.70. The van der Waals surface area contributed by atoms with Crippen LogP contribution in [0.3, 0.4) is 0 Å². The molecule has 0 saturated carbocycles. The number of hydrogen-bond donors (Lipinski definition) is 2. The van der Waals surface area contributed by atoms with Crippen molar-refractivity contribution >= 4 is 45.3 Å². The van der Waals surface area contributed by atoms with Crippen LogP contribution in [0, 0.1) is 17.0 Å². The van der Waals surface area contributed by atoms with Crippen LogP contribution in [0.4, 0.5) is 10.8 Å². The van der Waals surface area contributed by atoms with E-state index >= 15 is 0 Å². The second-order valence-electron chi connectivity index (χ2n) is 7.39. The highest BCUT2D eigenvalue weighted by atomic mass is 32.2. The van der Waals surface area contributed by atoms with Crippen molar-refractivity contribution in [1.82, 2.24) is 24.6 Å². The molecule has 18 heteroatoms. The van der Waals surface area contributed by atoms with Crippen LogP contribution < -0.4 is 15.6 Å². The Balaban J connectivity index is 1.81. The molecule has 0 spiro atoms. The van der Waals surface area contributed by atoms with Gasteiger partial charge in [-0.2, -0.15) is 0 Å². The molecule has 1 amide bonds. The molecule has 0 aliphatic carbocycles. The first kappa shape index (κ1) is 27.3. The highest BCUT2D eigenvalue weighted by Crippen LogP contribution is 2.34. The molecule has 0 saturated heterocycles. The fourth-order valence-corrected chi connectivity index (χ4v) is 4.62. The van der Waals surface area contributed by atoms with E-state index in [1.165, 1.54) is 31.2 Å². The fraction of sp³-hybridized carbons (Fsp3) is 0.263. The first-order valence-electron chi connectivity index (χ1n) is 10.2. The number of nitro benzene ring substituents is 1. The quantitative estimate of drug-likeness (QED) is 0.175. The normalized spacial score (nSPS) is 11.6. The van der Waals surface area contributed by atoms with Crippen LogP contribution in [0.25, 0.3) is 10.6 Å². The average Bonchev–Trinajstić information content (AvgIpc) is 3.31. The Morgan fingerprint density at radius 2 is 1.95 bits per heavy atom.